The van der Waals surface area contributed by atoms with Gasteiger partial charge in [0.1, 0.15) is 0 Å². The predicted octanol–water partition coefficient (Wildman–Crippen LogP) is 2.69. The van der Waals surface area contributed by atoms with Crippen molar-refractivity contribution in [3.8, 4) is 0 Å². The van der Waals surface area contributed by atoms with Crippen molar-refractivity contribution < 1.29 is 8.85 Å². The van der Waals surface area contributed by atoms with E-state index in [1.165, 1.54) is 31.4 Å². The van der Waals surface area contributed by atoms with Crippen LogP contribution in [-0.4, -0.2) is 71.3 Å². The lowest BCUT2D eigenvalue weighted by Crippen LogP contribution is -2.54. The van der Waals surface area contributed by atoms with Gasteiger partial charge in [-0.2, -0.15) is 0 Å². The SMILES string of the molecule is C=Cc1cccc([Si](CCCN2CCN(C)CC2)(OCC)OCC)c1. The van der Waals surface area contributed by atoms with Gasteiger partial charge in [0.25, 0.3) is 0 Å². The molecule has 1 saturated heterocycles. The average Bonchev–Trinajstić information content (AvgIpc) is 2.63. The molecule has 1 aliphatic rings. The molecule has 0 radical (unpaired) electrons. The highest BCUT2D eigenvalue weighted by Crippen LogP contribution is 2.19. The van der Waals surface area contributed by atoms with E-state index in [9.17, 15) is 0 Å². The Morgan fingerprint density at radius 2 is 1.80 bits per heavy atom. The van der Waals surface area contributed by atoms with Gasteiger partial charge in [-0.15, -0.1) is 0 Å². The van der Waals surface area contributed by atoms with E-state index in [1.807, 2.05) is 6.08 Å². The lowest BCUT2D eigenvalue weighted by molar-refractivity contribution is 0.151. The highest BCUT2D eigenvalue weighted by Gasteiger charge is 2.39. The molecule has 25 heavy (non-hydrogen) atoms. The maximum Gasteiger partial charge on any atom is 0.372 e. The summed E-state index contributed by atoms with van der Waals surface area (Å²) in [6, 6.07) is 9.53. The summed E-state index contributed by atoms with van der Waals surface area (Å²) in [5, 5.41) is 1.23. The summed E-state index contributed by atoms with van der Waals surface area (Å²) in [7, 11) is -0.202. The molecular formula is C20H34N2O2Si. The van der Waals surface area contributed by atoms with Crippen molar-refractivity contribution in [2.45, 2.75) is 26.3 Å². The van der Waals surface area contributed by atoms with Crippen LogP contribution in [-0.2, 0) is 8.85 Å². The van der Waals surface area contributed by atoms with E-state index < -0.39 is 8.56 Å². The molecule has 2 rings (SSSR count). The molecule has 1 fully saturated rings. The van der Waals surface area contributed by atoms with Crippen molar-refractivity contribution in [2.75, 3.05) is 53.0 Å². The second-order valence-electron chi connectivity index (χ2n) is 6.70. The van der Waals surface area contributed by atoms with Gasteiger partial charge in [0, 0.05) is 39.4 Å². The third kappa shape index (κ3) is 5.76. The molecule has 1 heterocycles. The van der Waals surface area contributed by atoms with E-state index in [2.05, 4.69) is 61.5 Å². The molecule has 0 saturated carbocycles. The highest BCUT2D eigenvalue weighted by molar-refractivity contribution is 6.81. The van der Waals surface area contributed by atoms with Crippen LogP contribution in [0.25, 0.3) is 6.08 Å². The molecule has 0 atom stereocenters. The van der Waals surface area contributed by atoms with Crippen molar-refractivity contribution >= 4 is 19.8 Å². The molecule has 0 unspecified atom stereocenters. The van der Waals surface area contributed by atoms with Gasteiger partial charge in [-0.05, 0) is 50.7 Å². The molecule has 0 aromatic heterocycles. The van der Waals surface area contributed by atoms with Crippen molar-refractivity contribution in [1.29, 1.82) is 0 Å². The molecule has 0 amide bonds. The second-order valence-corrected chi connectivity index (χ2v) is 9.86. The Morgan fingerprint density at radius 1 is 1.12 bits per heavy atom. The predicted molar refractivity (Wildman–Crippen MR) is 109 cm³/mol. The van der Waals surface area contributed by atoms with E-state index in [0.29, 0.717) is 13.2 Å². The molecule has 0 spiro atoms. The van der Waals surface area contributed by atoms with Crippen LogP contribution in [0, 0.1) is 0 Å². The van der Waals surface area contributed by atoms with Gasteiger partial charge in [-0.1, -0.05) is 36.9 Å². The Bertz CT molecular complexity index is 524. The van der Waals surface area contributed by atoms with Crippen LogP contribution in [0.3, 0.4) is 0 Å². The van der Waals surface area contributed by atoms with E-state index in [0.717, 1.165) is 24.6 Å². The molecule has 1 aromatic carbocycles. The van der Waals surface area contributed by atoms with Crippen LogP contribution in [0.5, 0.6) is 0 Å². The summed E-state index contributed by atoms with van der Waals surface area (Å²) in [5.74, 6) is 0. The van der Waals surface area contributed by atoms with E-state index in [1.54, 1.807) is 0 Å². The molecule has 0 aliphatic carbocycles. The topological polar surface area (TPSA) is 24.9 Å². The van der Waals surface area contributed by atoms with Crippen molar-refractivity contribution in [3.63, 3.8) is 0 Å². The molecular weight excluding hydrogens is 328 g/mol. The van der Waals surface area contributed by atoms with Crippen LogP contribution < -0.4 is 5.19 Å². The lowest BCUT2D eigenvalue weighted by atomic mass is 10.2. The number of hydrogen-bond acceptors (Lipinski definition) is 4. The minimum atomic E-state index is -2.40. The Balaban J connectivity index is 2.07. The minimum absolute atomic E-state index is 0.694. The zero-order valence-corrected chi connectivity index (χ0v) is 17.2. The van der Waals surface area contributed by atoms with Crippen LogP contribution in [0.15, 0.2) is 30.8 Å². The van der Waals surface area contributed by atoms with E-state index >= 15 is 0 Å². The average molecular weight is 363 g/mol. The van der Waals surface area contributed by atoms with Gasteiger partial charge in [-0.3, -0.25) is 0 Å². The Labute approximate surface area is 154 Å². The first-order valence-corrected chi connectivity index (χ1v) is 11.6. The number of nitrogens with zero attached hydrogens (tertiary/aromatic N) is 2. The summed E-state index contributed by atoms with van der Waals surface area (Å²) < 4.78 is 12.6. The maximum atomic E-state index is 6.32. The number of piperazine rings is 1. The number of rotatable bonds is 10. The van der Waals surface area contributed by atoms with Gasteiger partial charge in [0.15, 0.2) is 0 Å². The zero-order valence-electron chi connectivity index (χ0n) is 16.2. The molecule has 0 N–H and O–H groups in total. The molecule has 0 bridgehead atoms. The van der Waals surface area contributed by atoms with Gasteiger partial charge in [0.2, 0.25) is 0 Å². The lowest BCUT2D eigenvalue weighted by Gasteiger charge is -2.34. The molecule has 5 heteroatoms. The number of benzene rings is 1. The van der Waals surface area contributed by atoms with Crippen LogP contribution in [0.2, 0.25) is 6.04 Å². The monoisotopic (exact) mass is 362 g/mol. The van der Waals surface area contributed by atoms with Crippen LogP contribution in [0.4, 0.5) is 0 Å². The summed E-state index contributed by atoms with van der Waals surface area (Å²) >= 11 is 0. The van der Waals surface area contributed by atoms with E-state index in [-0.39, 0.29) is 0 Å². The minimum Gasteiger partial charge on any atom is -0.391 e. The largest absolute Gasteiger partial charge is 0.391 e. The highest BCUT2D eigenvalue weighted by atomic mass is 28.4. The summed E-state index contributed by atoms with van der Waals surface area (Å²) in [6.45, 7) is 15.2. The van der Waals surface area contributed by atoms with Crippen molar-refractivity contribution in [3.05, 3.63) is 36.4 Å². The fourth-order valence-electron chi connectivity index (χ4n) is 3.47. The van der Waals surface area contributed by atoms with Crippen molar-refractivity contribution in [1.82, 2.24) is 9.80 Å². The number of likely N-dealkylation sites (N-methyl/N-ethyl adjacent to an activating group) is 1. The van der Waals surface area contributed by atoms with Crippen LogP contribution >= 0.6 is 0 Å². The van der Waals surface area contributed by atoms with Crippen LogP contribution in [0.1, 0.15) is 25.8 Å². The first-order valence-electron chi connectivity index (χ1n) is 9.55. The maximum absolute atomic E-state index is 6.32. The molecule has 4 nitrogen and oxygen atoms in total. The second kappa shape index (κ2) is 10.2. The number of hydrogen-bond donors (Lipinski definition) is 0. The first kappa shape index (κ1) is 20.3. The van der Waals surface area contributed by atoms with Gasteiger partial charge >= 0.3 is 8.56 Å². The standard InChI is InChI=1S/C20H34N2O2Si/c1-5-19-10-8-11-20(18-19)25(23-6-2,24-7-3)17-9-12-22-15-13-21(4)14-16-22/h5,8,10-11,18H,1,6-7,9,12-17H2,2-4H3. The van der Waals surface area contributed by atoms with E-state index in [4.69, 9.17) is 8.85 Å². The smallest absolute Gasteiger partial charge is 0.372 e. The van der Waals surface area contributed by atoms with Gasteiger partial charge in [-0.25, -0.2) is 0 Å². The van der Waals surface area contributed by atoms with Gasteiger partial charge < -0.3 is 18.7 Å². The third-order valence-corrected chi connectivity index (χ3v) is 8.61. The normalized spacial score (nSPS) is 16.9. The first-order chi connectivity index (χ1) is 12.1. The summed E-state index contributed by atoms with van der Waals surface area (Å²) in [4.78, 5) is 4.97. The Kier molecular flexibility index (Phi) is 8.32. The Hall–Kier alpha value is -0.983. The molecule has 140 valence electrons. The Morgan fingerprint density at radius 3 is 2.40 bits per heavy atom. The van der Waals surface area contributed by atoms with Crippen molar-refractivity contribution in [2.24, 2.45) is 0 Å². The zero-order chi connectivity index (χ0) is 18.1. The van der Waals surface area contributed by atoms with Gasteiger partial charge in [0.05, 0.1) is 0 Å². The fourth-order valence-corrected chi connectivity index (χ4v) is 6.76. The quantitative estimate of drug-likeness (QED) is 0.598. The molecule has 1 aliphatic heterocycles. The fraction of sp³-hybridized carbons (Fsp3) is 0.600. The summed E-state index contributed by atoms with van der Waals surface area (Å²) in [6.07, 6.45) is 3.01. The summed E-state index contributed by atoms with van der Waals surface area (Å²) in [5.41, 5.74) is 1.13. The third-order valence-electron chi connectivity index (χ3n) is 4.89. The molecule has 1 aromatic rings.